The zero-order valence-electron chi connectivity index (χ0n) is 8.96. The van der Waals surface area contributed by atoms with Crippen LogP contribution in [0, 0.1) is 5.92 Å². The lowest BCUT2D eigenvalue weighted by Gasteiger charge is -2.28. The van der Waals surface area contributed by atoms with E-state index in [9.17, 15) is 9.59 Å². The van der Waals surface area contributed by atoms with Gasteiger partial charge in [0.1, 0.15) is 12.1 Å². The number of hydrogen-bond acceptors (Lipinski definition) is 2. The zero-order valence-corrected chi connectivity index (χ0v) is 8.96. The molecule has 1 heterocycles. The van der Waals surface area contributed by atoms with Crippen molar-refractivity contribution in [2.24, 2.45) is 5.92 Å². The second-order valence-electron chi connectivity index (χ2n) is 4.04. The largest absolute Gasteiger partial charge is 0.343 e. The fraction of sp³-hybridized carbons (Fsp3) is 0.800. The average Bonchev–Trinajstić information content (AvgIpc) is 2.14. The number of rotatable bonds is 3. The van der Waals surface area contributed by atoms with Crippen LogP contribution in [0.25, 0.3) is 0 Å². The van der Waals surface area contributed by atoms with E-state index < -0.39 is 6.04 Å². The summed E-state index contributed by atoms with van der Waals surface area (Å²) in [5.41, 5.74) is 0. The number of carbonyl (C=O) groups excluding carboxylic acids is 2. The van der Waals surface area contributed by atoms with Crippen LogP contribution < -0.4 is 10.6 Å². The summed E-state index contributed by atoms with van der Waals surface area (Å²) < 4.78 is 0. The summed E-state index contributed by atoms with van der Waals surface area (Å²) in [6.45, 7) is 5.85. The lowest BCUT2D eigenvalue weighted by molar-refractivity contribution is -0.136. The van der Waals surface area contributed by atoms with E-state index in [0.717, 1.165) is 12.8 Å². The number of amides is 2. The lowest BCUT2D eigenvalue weighted by Crippen LogP contribution is -2.60. The van der Waals surface area contributed by atoms with Gasteiger partial charge in [-0.1, -0.05) is 20.3 Å². The summed E-state index contributed by atoms with van der Waals surface area (Å²) in [6, 6.07) is -0.732. The molecule has 0 aromatic carbocycles. The Kier molecular flexibility index (Phi) is 3.49. The Balaban J connectivity index is 2.53. The highest BCUT2D eigenvalue weighted by Gasteiger charge is 2.31. The monoisotopic (exact) mass is 198 g/mol. The first kappa shape index (κ1) is 11.0. The van der Waals surface area contributed by atoms with E-state index >= 15 is 0 Å². The van der Waals surface area contributed by atoms with Gasteiger partial charge in [-0.3, -0.25) is 9.59 Å². The van der Waals surface area contributed by atoms with E-state index in [0.29, 0.717) is 5.92 Å². The van der Waals surface area contributed by atoms with Crippen LogP contribution >= 0.6 is 0 Å². The van der Waals surface area contributed by atoms with Crippen LogP contribution in [-0.2, 0) is 9.59 Å². The summed E-state index contributed by atoms with van der Waals surface area (Å²) in [6.07, 6.45) is 1.75. The first-order valence-corrected chi connectivity index (χ1v) is 5.15. The molecule has 2 N–H and O–H groups in total. The summed E-state index contributed by atoms with van der Waals surface area (Å²) in [4.78, 5) is 22.8. The Bertz CT molecular complexity index is 240. The second-order valence-corrected chi connectivity index (χ2v) is 4.04. The molecule has 4 heteroatoms. The van der Waals surface area contributed by atoms with Gasteiger partial charge >= 0.3 is 0 Å². The van der Waals surface area contributed by atoms with Crippen molar-refractivity contribution in [2.45, 2.75) is 45.7 Å². The molecule has 0 aromatic rings. The molecule has 1 aliphatic rings. The molecule has 1 fully saturated rings. The van der Waals surface area contributed by atoms with E-state index in [1.165, 1.54) is 0 Å². The molecule has 3 atom stereocenters. The van der Waals surface area contributed by atoms with E-state index in [2.05, 4.69) is 24.5 Å². The van der Waals surface area contributed by atoms with Crippen LogP contribution in [-0.4, -0.2) is 23.9 Å². The van der Waals surface area contributed by atoms with E-state index in [1.54, 1.807) is 6.92 Å². The lowest BCUT2D eigenvalue weighted by atomic mass is 9.97. The summed E-state index contributed by atoms with van der Waals surface area (Å²) in [7, 11) is 0. The van der Waals surface area contributed by atoms with Crippen LogP contribution in [0.15, 0.2) is 0 Å². The third-order valence-electron chi connectivity index (χ3n) is 2.72. The fourth-order valence-electron chi connectivity index (χ4n) is 1.48. The molecule has 14 heavy (non-hydrogen) atoms. The Morgan fingerprint density at radius 2 is 1.93 bits per heavy atom. The summed E-state index contributed by atoms with van der Waals surface area (Å²) >= 11 is 0. The minimum Gasteiger partial charge on any atom is -0.343 e. The second kappa shape index (κ2) is 4.44. The Morgan fingerprint density at radius 3 is 2.50 bits per heavy atom. The zero-order chi connectivity index (χ0) is 10.7. The van der Waals surface area contributed by atoms with Crippen molar-refractivity contribution >= 4 is 11.8 Å². The van der Waals surface area contributed by atoms with Gasteiger partial charge in [0.25, 0.3) is 0 Å². The number of hydrogen-bond donors (Lipinski definition) is 2. The van der Waals surface area contributed by atoms with Crippen LogP contribution in [0.4, 0.5) is 0 Å². The molecule has 0 spiro atoms. The molecule has 2 amide bonds. The van der Waals surface area contributed by atoms with Gasteiger partial charge in [0.2, 0.25) is 11.8 Å². The van der Waals surface area contributed by atoms with Crippen molar-refractivity contribution in [3.05, 3.63) is 0 Å². The van der Waals surface area contributed by atoms with Gasteiger partial charge in [-0.2, -0.15) is 0 Å². The predicted molar refractivity (Wildman–Crippen MR) is 53.6 cm³/mol. The highest BCUT2D eigenvalue weighted by Crippen LogP contribution is 2.12. The van der Waals surface area contributed by atoms with Crippen LogP contribution in [0.2, 0.25) is 0 Å². The van der Waals surface area contributed by atoms with Crippen LogP contribution in [0.3, 0.4) is 0 Å². The first-order chi connectivity index (χ1) is 6.54. The van der Waals surface area contributed by atoms with Gasteiger partial charge in [0.05, 0.1) is 0 Å². The molecular weight excluding hydrogens is 180 g/mol. The normalized spacial score (nSPS) is 29.4. The number of piperazine rings is 1. The van der Waals surface area contributed by atoms with E-state index in [-0.39, 0.29) is 17.9 Å². The molecule has 0 bridgehead atoms. The Labute approximate surface area is 84.4 Å². The van der Waals surface area contributed by atoms with E-state index in [1.807, 2.05) is 0 Å². The molecule has 80 valence electrons. The van der Waals surface area contributed by atoms with Gasteiger partial charge in [-0.25, -0.2) is 0 Å². The van der Waals surface area contributed by atoms with Crippen molar-refractivity contribution in [1.82, 2.24) is 10.6 Å². The molecule has 1 aliphatic heterocycles. The van der Waals surface area contributed by atoms with Crippen LogP contribution in [0.1, 0.15) is 33.6 Å². The van der Waals surface area contributed by atoms with Crippen molar-refractivity contribution in [3.63, 3.8) is 0 Å². The molecule has 3 unspecified atom stereocenters. The van der Waals surface area contributed by atoms with Crippen molar-refractivity contribution in [1.29, 1.82) is 0 Å². The van der Waals surface area contributed by atoms with Gasteiger partial charge in [0, 0.05) is 0 Å². The first-order valence-electron chi connectivity index (χ1n) is 5.15. The van der Waals surface area contributed by atoms with Crippen LogP contribution in [0.5, 0.6) is 0 Å². The average molecular weight is 198 g/mol. The molecule has 0 aromatic heterocycles. The predicted octanol–water partition coefficient (Wildman–Crippen LogP) is 0.426. The van der Waals surface area contributed by atoms with Gasteiger partial charge in [0.15, 0.2) is 0 Å². The van der Waals surface area contributed by atoms with Gasteiger partial charge in [-0.15, -0.1) is 0 Å². The highest BCUT2D eigenvalue weighted by molar-refractivity contribution is 5.96. The third-order valence-corrected chi connectivity index (χ3v) is 2.72. The third kappa shape index (κ3) is 2.47. The summed E-state index contributed by atoms with van der Waals surface area (Å²) in [5.74, 6) is 0.315. The molecule has 0 aliphatic carbocycles. The maximum Gasteiger partial charge on any atom is 0.243 e. The molecule has 4 nitrogen and oxygen atoms in total. The molecule has 1 saturated heterocycles. The SMILES string of the molecule is CCC(C)CC1NC(=O)C(C)NC1=O. The van der Waals surface area contributed by atoms with Gasteiger partial charge < -0.3 is 10.6 Å². The van der Waals surface area contributed by atoms with Crippen molar-refractivity contribution < 1.29 is 9.59 Å². The van der Waals surface area contributed by atoms with Gasteiger partial charge in [-0.05, 0) is 19.3 Å². The maximum atomic E-state index is 11.5. The molecular formula is C10H18N2O2. The molecule has 0 radical (unpaired) electrons. The minimum absolute atomic E-state index is 0.0580. The molecule has 0 saturated carbocycles. The fourth-order valence-corrected chi connectivity index (χ4v) is 1.48. The number of nitrogens with one attached hydrogen (secondary N) is 2. The number of carbonyl (C=O) groups is 2. The summed E-state index contributed by atoms with van der Waals surface area (Å²) in [5, 5.41) is 5.39. The maximum absolute atomic E-state index is 11.5. The molecule has 1 rings (SSSR count). The van der Waals surface area contributed by atoms with Crippen molar-refractivity contribution in [3.8, 4) is 0 Å². The quantitative estimate of drug-likeness (QED) is 0.690. The van der Waals surface area contributed by atoms with Crippen molar-refractivity contribution in [2.75, 3.05) is 0 Å². The van der Waals surface area contributed by atoms with E-state index in [4.69, 9.17) is 0 Å². The topological polar surface area (TPSA) is 58.2 Å². The highest BCUT2D eigenvalue weighted by atomic mass is 16.2. The Morgan fingerprint density at radius 1 is 1.29 bits per heavy atom. The standard InChI is InChI=1S/C10H18N2O2/c1-4-6(2)5-8-10(14)11-7(3)9(13)12-8/h6-8H,4-5H2,1-3H3,(H,11,14)(H,12,13). The Hall–Kier alpha value is -1.06. The minimum atomic E-state index is -0.393. The smallest absolute Gasteiger partial charge is 0.243 e.